The van der Waals surface area contributed by atoms with Crippen LogP contribution in [0.2, 0.25) is 0 Å². The smallest absolute Gasteiger partial charge is 0.477 e. The van der Waals surface area contributed by atoms with E-state index in [1.165, 1.54) is 18.2 Å². The number of hydrogen-bond acceptors (Lipinski definition) is 11. The fourth-order valence-corrected chi connectivity index (χ4v) is 3.15. The van der Waals surface area contributed by atoms with Gasteiger partial charge in [0.15, 0.2) is 11.5 Å². The molecule has 1 unspecified atom stereocenters. The fourth-order valence-electron chi connectivity index (χ4n) is 3.15. The number of carbonyl (C=O) groups excluding carboxylic acids is 3. The zero-order valence-electron chi connectivity index (χ0n) is 26.6. The van der Waals surface area contributed by atoms with Gasteiger partial charge < -0.3 is 33.5 Å². The second-order valence-electron chi connectivity index (χ2n) is 11.9. The third kappa shape index (κ3) is 11.8. The van der Waals surface area contributed by atoms with Gasteiger partial charge >= 0.3 is 24.4 Å². The van der Waals surface area contributed by atoms with Crippen LogP contribution in [0.15, 0.2) is 18.2 Å². The van der Waals surface area contributed by atoms with Crippen molar-refractivity contribution in [2.75, 3.05) is 0 Å². The van der Waals surface area contributed by atoms with E-state index >= 15 is 0 Å². The monoisotopic (exact) mass is 597 g/mol. The highest BCUT2D eigenvalue weighted by atomic mass is 16.8. The van der Waals surface area contributed by atoms with Gasteiger partial charge in [0.05, 0.1) is 0 Å². The lowest BCUT2D eigenvalue weighted by Crippen LogP contribution is -2.59. The third-order valence-electron chi connectivity index (χ3n) is 6.62. The first-order chi connectivity index (χ1) is 19.2. The van der Waals surface area contributed by atoms with Crippen molar-refractivity contribution in [2.24, 2.45) is 5.92 Å². The molecule has 0 radical (unpaired) electrons. The van der Waals surface area contributed by atoms with Crippen molar-refractivity contribution >= 4 is 24.4 Å². The molecule has 42 heavy (non-hydrogen) atoms. The van der Waals surface area contributed by atoms with E-state index in [1.54, 1.807) is 48.5 Å². The summed E-state index contributed by atoms with van der Waals surface area (Å²) in [5, 5.41) is 13.0. The summed E-state index contributed by atoms with van der Waals surface area (Å²) in [7, 11) is 0. The van der Waals surface area contributed by atoms with Crippen LogP contribution < -0.4 is 14.8 Å². The zero-order chi connectivity index (χ0) is 32.5. The van der Waals surface area contributed by atoms with Gasteiger partial charge in [0.1, 0.15) is 17.3 Å². The van der Waals surface area contributed by atoms with Crippen molar-refractivity contribution in [3.05, 3.63) is 23.8 Å². The molecule has 12 nitrogen and oxygen atoms in total. The topological polar surface area (TPSA) is 156 Å². The summed E-state index contributed by atoms with van der Waals surface area (Å²) in [5.41, 5.74) is -3.66. The number of ether oxygens (including phenoxy) is 6. The second kappa shape index (κ2) is 15.1. The minimum Gasteiger partial charge on any atom is -0.477 e. The van der Waals surface area contributed by atoms with Crippen LogP contribution in [0, 0.1) is 5.92 Å². The Morgan fingerprint density at radius 2 is 1.29 bits per heavy atom. The molecule has 0 saturated heterocycles. The highest BCUT2D eigenvalue weighted by molar-refractivity contribution is 5.80. The standard InChI is InChI=1S/C30H47NO11/c1-12-28(8,9)40-26(35)38-22-15-14-21(16-23(22)39-27(36)41-29(10,11)13-2)17-30(24(32)33,31-19(5)6)42-25(34)37-20(7)18(3)4/h14-16,18-20,31H,12-13,17H2,1-11H3,(H,32,33)/t20?,30-/m0/s1. The van der Waals surface area contributed by atoms with Crippen molar-refractivity contribution in [1.82, 2.24) is 5.32 Å². The third-order valence-corrected chi connectivity index (χ3v) is 6.62. The Labute approximate surface area is 248 Å². The van der Waals surface area contributed by atoms with E-state index in [2.05, 4.69) is 5.32 Å². The van der Waals surface area contributed by atoms with E-state index < -0.39 is 59.9 Å². The number of carboxylic acids is 1. The van der Waals surface area contributed by atoms with Crippen LogP contribution in [0.4, 0.5) is 14.4 Å². The van der Waals surface area contributed by atoms with Gasteiger partial charge in [0, 0.05) is 12.5 Å². The quantitative estimate of drug-likeness (QED) is 0.102. The number of hydrogen-bond donors (Lipinski definition) is 2. The molecule has 0 amide bonds. The molecule has 0 fully saturated rings. The Bertz CT molecular complexity index is 1100. The maximum absolute atomic E-state index is 12.6. The van der Waals surface area contributed by atoms with Crippen molar-refractivity contribution in [1.29, 1.82) is 0 Å². The van der Waals surface area contributed by atoms with Crippen LogP contribution in [0.25, 0.3) is 0 Å². The van der Waals surface area contributed by atoms with E-state index in [0.29, 0.717) is 12.8 Å². The molecule has 2 N–H and O–H groups in total. The Morgan fingerprint density at radius 3 is 1.71 bits per heavy atom. The van der Waals surface area contributed by atoms with Gasteiger partial charge in [-0.15, -0.1) is 0 Å². The molecule has 0 aliphatic heterocycles. The van der Waals surface area contributed by atoms with Gasteiger partial charge in [-0.3, -0.25) is 5.32 Å². The SMILES string of the molecule is CCC(C)(C)OC(=O)Oc1ccc(C[C@](NC(C)C)(OC(=O)OC(C)C(C)C)C(=O)O)cc1OC(=O)OC(C)(C)CC. The van der Waals surface area contributed by atoms with Gasteiger partial charge in [-0.2, -0.15) is 0 Å². The van der Waals surface area contributed by atoms with Crippen LogP contribution in [0.3, 0.4) is 0 Å². The summed E-state index contributed by atoms with van der Waals surface area (Å²) in [5.74, 6) is -1.93. The van der Waals surface area contributed by atoms with Gasteiger partial charge in [0.25, 0.3) is 5.72 Å². The second-order valence-corrected chi connectivity index (χ2v) is 11.9. The average Bonchev–Trinajstić information content (AvgIpc) is 2.84. The van der Waals surface area contributed by atoms with Crippen LogP contribution in [0.5, 0.6) is 11.5 Å². The van der Waals surface area contributed by atoms with Crippen LogP contribution in [0.1, 0.15) is 94.6 Å². The molecule has 0 spiro atoms. The number of nitrogens with one attached hydrogen (secondary N) is 1. The van der Waals surface area contributed by atoms with Crippen molar-refractivity contribution in [3.8, 4) is 11.5 Å². The molecular formula is C30H47NO11. The van der Waals surface area contributed by atoms with Gasteiger partial charge in [-0.05, 0) is 84.9 Å². The lowest BCUT2D eigenvalue weighted by Gasteiger charge is -2.32. The summed E-state index contributed by atoms with van der Waals surface area (Å²) in [4.78, 5) is 50.3. The summed E-state index contributed by atoms with van der Waals surface area (Å²) in [6, 6.07) is 3.61. The largest absolute Gasteiger partial charge is 0.514 e. The zero-order valence-corrected chi connectivity index (χ0v) is 26.6. The molecule has 1 aromatic carbocycles. The first kappa shape index (κ1) is 36.5. The molecule has 0 heterocycles. The first-order valence-corrected chi connectivity index (χ1v) is 14.1. The summed E-state index contributed by atoms with van der Waals surface area (Å²) in [6.07, 6.45) is -3.21. The summed E-state index contributed by atoms with van der Waals surface area (Å²) in [6.45, 7) is 19.2. The molecule has 0 aromatic heterocycles. The van der Waals surface area contributed by atoms with E-state index in [9.17, 15) is 24.3 Å². The Kier molecular flexibility index (Phi) is 13.1. The van der Waals surface area contributed by atoms with Crippen molar-refractivity contribution in [2.45, 2.75) is 124 Å². The Morgan fingerprint density at radius 1 is 0.786 bits per heavy atom. The van der Waals surface area contributed by atoms with Crippen LogP contribution in [-0.4, -0.2) is 58.6 Å². The predicted octanol–water partition coefficient (Wildman–Crippen LogP) is 6.61. The predicted molar refractivity (Wildman–Crippen MR) is 154 cm³/mol. The van der Waals surface area contributed by atoms with Gasteiger partial charge in [-0.25, -0.2) is 19.2 Å². The minimum absolute atomic E-state index is 0.0332. The van der Waals surface area contributed by atoms with Crippen molar-refractivity contribution < 1.29 is 52.7 Å². The maximum atomic E-state index is 12.6. The molecule has 1 rings (SSSR count). The average molecular weight is 598 g/mol. The van der Waals surface area contributed by atoms with Gasteiger partial charge in [0.2, 0.25) is 0 Å². The Hall–Kier alpha value is -3.54. The molecule has 0 aliphatic carbocycles. The maximum Gasteiger partial charge on any atom is 0.514 e. The lowest BCUT2D eigenvalue weighted by molar-refractivity contribution is -0.168. The number of carbonyl (C=O) groups is 4. The van der Waals surface area contributed by atoms with Crippen LogP contribution >= 0.6 is 0 Å². The molecular weight excluding hydrogens is 550 g/mol. The molecule has 0 aliphatic rings. The molecule has 1 aromatic rings. The minimum atomic E-state index is -2.25. The van der Waals surface area contributed by atoms with Crippen molar-refractivity contribution in [3.63, 3.8) is 0 Å². The van der Waals surface area contributed by atoms with E-state index in [1.807, 2.05) is 27.7 Å². The molecule has 2 atom stereocenters. The number of aliphatic carboxylic acids is 1. The van der Waals surface area contributed by atoms with E-state index in [-0.39, 0.29) is 23.0 Å². The fraction of sp³-hybridized carbons (Fsp3) is 0.667. The number of carboxylic acid groups (broad SMARTS) is 1. The number of rotatable bonds is 14. The molecule has 0 saturated carbocycles. The van der Waals surface area contributed by atoms with Crippen LogP contribution in [-0.2, 0) is 30.2 Å². The van der Waals surface area contributed by atoms with Gasteiger partial charge in [-0.1, -0.05) is 33.8 Å². The Balaban J connectivity index is 3.50. The highest BCUT2D eigenvalue weighted by Gasteiger charge is 2.45. The summed E-state index contributed by atoms with van der Waals surface area (Å²) < 4.78 is 32.1. The molecule has 0 bridgehead atoms. The first-order valence-electron chi connectivity index (χ1n) is 14.1. The summed E-state index contributed by atoms with van der Waals surface area (Å²) >= 11 is 0. The highest BCUT2D eigenvalue weighted by Crippen LogP contribution is 2.32. The molecule has 12 heteroatoms. The normalized spacial score (nSPS) is 14.0. The van der Waals surface area contributed by atoms with E-state index in [0.717, 1.165) is 0 Å². The van der Waals surface area contributed by atoms with E-state index in [4.69, 9.17) is 28.4 Å². The molecule has 238 valence electrons. The number of benzene rings is 1. The lowest BCUT2D eigenvalue weighted by atomic mass is 10.0.